The van der Waals surface area contributed by atoms with Gasteiger partial charge < -0.3 is 4.79 Å². The van der Waals surface area contributed by atoms with Gasteiger partial charge in [0.1, 0.15) is 6.29 Å². The molecule has 0 aromatic carbocycles. The minimum atomic E-state index is -4.30. The predicted octanol–water partition coefficient (Wildman–Crippen LogP) is 3.42. The highest BCUT2D eigenvalue weighted by molar-refractivity contribution is 5.49. The van der Waals surface area contributed by atoms with E-state index in [1.165, 1.54) is 13.0 Å². The Morgan fingerprint density at radius 2 is 1.93 bits per heavy atom. The van der Waals surface area contributed by atoms with E-state index >= 15 is 0 Å². The van der Waals surface area contributed by atoms with Crippen LogP contribution in [0, 0.1) is 0 Å². The topological polar surface area (TPSA) is 17.1 Å². The minimum Gasteiger partial charge on any atom is -0.303 e. The van der Waals surface area contributed by atoms with E-state index in [-0.39, 0.29) is 6.42 Å². The molecule has 0 aliphatic rings. The molecule has 0 spiro atoms. The van der Waals surface area contributed by atoms with Crippen molar-refractivity contribution < 1.29 is 18.0 Å². The fraction of sp³-hybridized carbons (Fsp3) is 0.500. The number of aldehydes is 1. The molecule has 0 aromatic heterocycles. The third kappa shape index (κ3) is 5.56. The summed E-state index contributed by atoms with van der Waals surface area (Å²) in [4.78, 5) is 9.92. The molecule has 0 saturated heterocycles. The van der Waals surface area contributed by atoms with Crippen molar-refractivity contribution in [3.63, 3.8) is 0 Å². The Hall–Kier alpha value is -1.06. The summed E-state index contributed by atoms with van der Waals surface area (Å²) in [6, 6.07) is 0. The van der Waals surface area contributed by atoms with E-state index in [4.69, 9.17) is 0 Å². The second-order valence-electron chi connectivity index (χ2n) is 2.75. The number of hydrogen-bond acceptors (Lipinski definition) is 1. The van der Waals surface area contributed by atoms with Crippen molar-refractivity contribution >= 4 is 6.29 Å². The average Bonchev–Trinajstić information content (AvgIpc) is 2.08. The number of allylic oxidation sites excluding steroid dienone is 4. The van der Waals surface area contributed by atoms with Crippen molar-refractivity contribution in [3.8, 4) is 0 Å². The first-order valence-electron chi connectivity index (χ1n) is 4.36. The zero-order valence-electron chi connectivity index (χ0n) is 7.97. The van der Waals surface area contributed by atoms with Crippen LogP contribution in [-0.4, -0.2) is 12.5 Å². The summed E-state index contributed by atoms with van der Waals surface area (Å²) in [6.45, 7) is 1.53. The molecule has 0 aliphatic carbocycles. The van der Waals surface area contributed by atoms with Gasteiger partial charge in [-0.1, -0.05) is 18.2 Å². The molecule has 0 rings (SSSR count). The van der Waals surface area contributed by atoms with Crippen molar-refractivity contribution in [2.75, 3.05) is 0 Å². The first-order valence-corrected chi connectivity index (χ1v) is 4.36. The number of alkyl halides is 3. The van der Waals surface area contributed by atoms with Crippen LogP contribution < -0.4 is 0 Å². The maximum atomic E-state index is 12.2. The summed E-state index contributed by atoms with van der Waals surface area (Å²) in [7, 11) is 0. The van der Waals surface area contributed by atoms with Crippen molar-refractivity contribution in [2.24, 2.45) is 0 Å². The van der Waals surface area contributed by atoms with Gasteiger partial charge in [0, 0.05) is 6.42 Å². The second kappa shape index (κ2) is 6.40. The zero-order chi connectivity index (χ0) is 11.0. The Balaban J connectivity index is 4.27. The number of hydrogen-bond donors (Lipinski definition) is 0. The van der Waals surface area contributed by atoms with E-state index in [1.54, 1.807) is 0 Å². The molecule has 0 atom stereocenters. The van der Waals surface area contributed by atoms with E-state index in [0.717, 1.165) is 12.2 Å². The maximum Gasteiger partial charge on any atom is 0.416 e. The molecule has 1 nitrogen and oxygen atoms in total. The third-order valence-electron chi connectivity index (χ3n) is 1.56. The lowest BCUT2D eigenvalue weighted by Crippen LogP contribution is -2.09. The average molecular weight is 206 g/mol. The molecule has 0 heterocycles. The summed E-state index contributed by atoms with van der Waals surface area (Å²) in [5.41, 5.74) is -0.647. The molecular weight excluding hydrogens is 193 g/mol. The van der Waals surface area contributed by atoms with Gasteiger partial charge in [-0.3, -0.25) is 0 Å². The van der Waals surface area contributed by atoms with Crippen LogP contribution in [0.4, 0.5) is 13.2 Å². The lowest BCUT2D eigenvalue weighted by molar-refractivity contribution is -0.107. The molecule has 0 aromatic rings. The zero-order valence-corrected chi connectivity index (χ0v) is 7.97. The highest BCUT2D eigenvalue weighted by Gasteiger charge is 2.30. The van der Waals surface area contributed by atoms with Gasteiger partial charge in [-0.25, -0.2) is 0 Å². The van der Waals surface area contributed by atoms with Gasteiger partial charge in [-0.05, 0) is 19.8 Å². The lowest BCUT2D eigenvalue weighted by atomic mass is 10.1. The van der Waals surface area contributed by atoms with E-state index in [1.807, 2.05) is 0 Å². The minimum absolute atomic E-state index is 0.276. The van der Waals surface area contributed by atoms with Gasteiger partial charge in [-0.2, -0.15) is 13.2 Å². The van der Waals surface area contributed by atoms with Gasteiger partial charge in [0.2, 0.25) is 0 Å². The van der Waals surface area contributed by atoms with Crippen LogP contribution in [0.25, 0.3) is 0 Å². The monoisotopic (exact) mass is 206 g/mol. The SMILES string of the molecule is CC=CC(=CCCCC=O)C(F)(F)F. The second-order valence-corrected chi connectivity index (χ2v) is 2.75. The van der Waals surface area contributed by atoms with Crippen LogP contribution in [-0.2, 0) is 4.79 Å². The van der Waals surface area contributed by atoms with Crippen molar-refractivity contribution in [2.45, 2.75) is 32.4 Å². The van der Waals surface area contributed by atoms with E-state index < -0.39 is 11.7 Å². The Morgan fingerprint density at radius 1 is 1.29 bits per heavy atom. The van der Waals surface area contributed by atoms with Crippen molar-refractivity contribution in [1.29, 1.82) is 0 Å². The van der Waals surface area contributed by atoms with Crippen molar-refractivity contribution in [3.05, 3.63) is 23.8 Å². The third-order valence-corrected chi connectivity index (χ3v) is 1.56. The highest BCUT2D eigenvalue weighted by Crippen LogP contribution is 2.27. The summed E-state index contributed by atoms with van der Waals surface area (Å²) in [5, 5.41) is 0. The molecule has 0 N–H and O–H groups in total. The van der Waals surface area contributed by atoms with Crippen LogP contribution in [0.5, 0.6) is 0 Å². The molecule has 0 amide bonds. The van der Waals surface area contributed by atoms with E-state index in [0.29, 0.717) is 19.1 Å². The Kier molecular flexibility index (Phi) is 5.92. The summed E-state index contributed by atoms with van der Waals surface area (Å²) in [6.07, 6.45) is 0.934. The van der Waals surface area contributed by atoms with E-state index in [9.17, 15) is 18.0 Å². The number of carbonyl (C=O) groups excluding carboxylic acids is 1. The van der Waals surface area contributed by atoms with Gasteiger partial charge in [0.15, 0.2) is 0 Å². The van der Waals surface area contributed by atoms with Gasteiger partial charge >= 0.3 is 6.18 Å². The predicted molar refractivity (Wildman–Crippen MR) is 48.9 cm³/mol. The smallest absolute Gasteiger partial charge is 0.303 e. The molecule has 0 radical (unpaired) electrons. The Morgan fingerprint density at radius 3 is 2.36 bits per heavy atom. The first-order chi connectivity index (χ1) is 6.52. The Bertz CT molecular complexity index is 226. The van der Waals surface area contributed by atoms with E-state index in [2.05, 4.69) is 0 Å². The molecular formula is C10H13F3O. The quantitative estimate of drug-likeness (QED) is 0.382. The summed E-state index contributed by atoms with van der Waals surface area (Å²) < 4.78 is 36.7. The first kappa shape index (κ1) is 12.9. The molecule has 80 valence electrons. The Labute approximate surface area is 81.3 Å². The summed E-state index contributed by atoms with van der Waals surface area (Å²) >= 11 is 0. The lowest BCUT2D eigenvalue weighted by Gasteiger charge is -2.06. The van der Waals surface area contributed by atoms with Gasteiger partial charge in [-0.15, -0.1) is 0 Å². The molecule has 0 saturated carbocycles. The number of rotatable bonds is 5. The molecule has 0 aliphatic heterocycles. The largest absolute Gasteiger partial charge is 0.416 e. The van der Waals surface area contributed by atoms with Crippen molar-refractivity contribution in [1.82, 2.24) is 0 Å². The molecule has 14 heavy (non-hydrogen) atoms. The van der Waals surface area contributed by atoms with Gasteiger partial charge in [0.25, 0.3) is 0 Å². The summed E-state index contributed by atoms with van der Waals surface area (Å²) in [5.74, 6) is 0. The molecule has 4 heteroatoms. The van der Waals surface area contributed by atoms with Crippen LogP contribution >= 0.6 is 0 Å². The molecule has 0 fully saturated rings. The van der Waals surface area contributed by atoms with Crippen LogP contribution in [0.2, 0.25) is 0 Å². The van der Waals surface area contributed by atoms with Crippen LogP contribution in [0.3, 0.4) is 0 Å². The number of unbranched alkanes of at least 4 members (excludes halogenated alkanes) is 2. The maximum absolute atomic E-state index is 12.2. The number of carbonyl (C=O) groups is 1. The van der Waals surface area contributed by atoms with Crippen LogP contribution in [0.15, 0.2) is 23.8 Å². The van der Waals surface area contributed by atoms with Gasteiger partial charge in [0.05, 0.1) is 5.57 Å². The normalized spacial score (nSPS) is 13.6. The fourth-order valence-corrected chi connectivity index (χ4v) is 0.917. The molecule has 0 bridgehead atoms. The standard InChI is InChI=1S/C10H13F3O/c1-2-6-9(10(11,12)13)7-4-3-5-8-14/h2,6-8H,3-5H2,1H3. The molecule has 0 unspecified atom stereocenters. The van der Waals surface area contributed by atoms with Crippen LogP contribution in [0.1, 0.15) is 26.2 Å². The fourth-order valence-electron chi connectivity index (χ4n) is 0.917. The number of halogens is 3. The highest BCUT2D eigenvalue weighted by atomic mass is 19.4.